The fourth-order valence-electron chi connectivity index (χ4n) is 2.94. The minimum Gasteiger partial charge on any atom is -0.337 e. The van der Waals surface area contributed by atoms with Crippen molar-refractivity contribution in [2.75, 3.05) is 0 Å². The number of aryl methyl sites for hydroxylation is 1. The zero-order chi connectivity index (χ0) is 17.6. The highest BCUT2D eigenvalue weighted by molar-refractivity contribution is 6.31. The Morgan fingerprint density at radius 2 is 1.80 bits per heavy atom. The second-order valence-electron chi connectivity index (χ2n) is 6.15. The molecule has 132 valence electrons. The summed E-state index contributed by atoms with van der Waals surface area (Å²) in [5, 5.41) is 0.938. The first-order chi connectivity index (χ1) is 12.1. The van der Waals surface area contributed by atoms with Gasteiger partial charge in [-0.3, -0.25) is 9.36 Å². The van der Waals surface area contributed by atoms with Crippen LogP contribution in [0.25, 0.3) is 10.9 Å². The number of rotatable bonds is 8. The summed E-state index contributed by atoms with van der Waals surface area (Å²) in [5.74, 6) is 0. The Morgan fingerprint density at radius 1 is 1.04 bits per heavy atom. The highest BCUT2D eigenvalue weighted by atomic mass is 35.5. The monoisotopic (exact) mass is 360 g/mol. The van der Waals surface area contributed by atoms with E-state index < -0.39 is 0 Å². The largest absolute Gasteiger partial charge is 0.337 e. The zero-order valence-corrected chi connectivity index (χ0v) is 14.7. The van der Waals surface area contributed by atoms with E-state index >= 15 is 0 Å². The van der Waals surface area contributed by atoms with Crippen molar-refractivity contribution in [1.29, 1.82) is 0 Å². The second-order valence-corrected chi connectivity index (χ2v) is 6.58. The number of benzene rings is 1. The van der Waals surface area contributed by atoms with Crippen LogP contribution >= 0.6 is 11.6 Å². The first kappa shape index (κ1) is 17.5. The number of hydrogen-bond donors (Lipinski definition) is 1. The van der Waals surface area contributed by atoms with Crippen LogP contribution < -0.4 is 11.2 Å². The number of hydrogen-bond acceptors (Lipinski definition) is 3. The molecule has 0 radical (unpaired) electrons. The molecule has 0 aliphatic heterocycles. The van der Waals surface area contributed by atoms with Gasteiger partial charge in [-0.05, 0) is 31.0 Å². The molecule has 0 unspecified atom stereocenters. The molecule has 0 atom stereocenters. The van der Waals surface area contributed by atoms with Crippen molar-refractivity contribution in [2.24, 2.45) is 0 Å². The third kappa shape index (κ3) is 4.39. The number of aromatic amines is 1. The Morgan fingerprint density at radius 3 is 2.56 bits per heavy atom. The van der Waals surface area contributed by atoms with Crippen LogP contribution in [-0.4, -0.2) is 19.1 Å². The second kappa shape index (κ2) is 8.16. The standard InChI is InChI=1S/C18H21ClN4O2/c19-14-6-7-16-15(12-14)17(24)23(18(25)21-16)10-5-3-1-2-4-9-22-11-8-20-13-22/h6-8,11-13H,1-5,9-10H2,(H,21,25). The van der Waals surface area contributed by atoms with Crippen molar-refractivity contribution in [3.05, 3.63) is 62.8 Å². The molecule has 2 heterocycles. The summed E-state index contributed by atoms with van der Waals surface area (Å²) >= 11 is 5.95. The van der Waals surface area contributed by atoms with Crippen LogP contribution in [0.4, 0.5) is 0 Å². The molecule has 1 aromatic carbocycles. The predicted molar refractivity (Wildman–Crippen MR) is 99.2 cm³/mol. The maximum Gasteiger partial charge on any atom is 0.328 e. The van der Waals surface area contributed by atoms with Crippen LogP contribution in [0.1, 0.15) is 32.1 Å². The van der Waals surface area contributed by atoms with E-state index in [4.69, 9.17) is 11.6 Å². The van der Waals surface area contributed by atoms with Gasteiger partial charge in [-0.2, -0.15) is 0 Å². The van der Waals surface area contributed by atoms with Crippen molar-refractivity contribution in [3.63, 3.8) is 0 Å². The molecule has 6 nitrogen and oxygen atoms in total. The number of aromatic nitrogens is 4. The number of H-pyrrole nitrogens is 1. The summed E-state index contributed by atoms with van der Waals surface area (Å²) in [6.45, 7) is 1.41. The molecule has 0 aliphatic rings. The summed E-state index contributed by atoms with van der Waals surface area (Å²) < 4.78 is 3.34. The molecule has 3 aromatic rings. The average molecular weight is 361 g/mol. The van der Waals surface area contributed by atoms with E-state index in [1.165, 1.54) is 4.57 Å². The van der Waals surface area contributed by atoms with Crippen LogP contribution in [0.3, 0.4) is 0 Å². The van der Waals surface area contributed by atoms with Gasteiger partial charge in [0.1, 0.15) is 0 Å². The minimum atomic E-state index is -0.361. The van der Waals surface area contributed by atoms with Gasteiger partial charge in [-0.1, -0.05) is 30.9 Å². The summed E-state index contributed by atoms with van der Waals surface area (Å²) in [7, 11) is 0. The third-order valence-electron chi connectivity index (χ3n) is 4.30. The Bertz CT molecular complexity index is 944. The van der Waals surface area contributed by atoms with E-state index in [2.05, 4.69) is 14.5 Å². The minimum absolute atomic E-state index is 0.277. The van der Waals surface area contributed by atoms with Crippen LogP contribution in [0, 0.1) is 0 Å². The number of unbranched alkanes of at least 4 members (excludes halogenated alkanes) is 4. The number of halogens is 1. The molecule has 0 bridgehead atoms. The lowest BCUT2D eigenvalue weighted by molar-refractivity contribution is 0.522. The first-order valence-electron chi connectivity index (χ1n) is 8.53. The normalized spacial score (nSPS) is 11.2. The summed E-state index contributed by atoms with van der Waals surface area (Å²) in [5.41, 5.74) is -0.114. The van der Waals surface area contributed by atoms with Crippen LogP contribution in [0.5, 0.6) is 0 Å². The van der Waals surface area contributed by atoms with Crippen LogP contribution in [0.2, 0.25) is 5.02 Å². The maximum absolute atomic E-state index is 12.5. The van der Waals surface area contributed by atoms with Crippen molar-refractivity contribution in [2.45, 2.75) is 45.2 Å². The van der Waals surface area contributed by atoms with Gasteiger partial charge in [0.15, 0.2) is 0 Å². The number of fused-ring (bicyclic) bond motifs is 1. The molecular weight excluding hydrogens is 340 g/mol. The smallest absolute Gasteiger partial charge is 0.328 e. The van der Waals surface area contributed by atoms with Crippen molar-refractivity contribution in [1.82, 2.24) is 19.1 Å². The number of imidazole rings is 1. The summed E-state index contributed by atoms with van der Waals surface area (Å²) in [6, 6.07) is 4.92. The van der Waals surface area contributed by atoms with Gasteiger partial charge in [0, 0.05) is 30.5 Å². The van der Waals surface area contributed by atoms with Gasteiger partial charge in [0.25, 0.3) is 5.56 Å². The molecule has 0 saturated heterocycles. The molecule has 2 aromatic heterocycles. The molecule has 1 N–H and O–H groups in total. The van der Waals surface area contributed by atoms with E-state index in [0.29, 0.717) is 22.5 Å². The van der Waals surface area contributed by atoms with Crippen molar-refractivity contribution in [3.8, 4) is 0 Å². The lowest BCUT2D eigenvalue weighted by Gasteiger charge is -2.07. The van der Waals surface area contributed by atoms with E-state index in [1.54, 1.807) is 24.4 Å². The molecule has 0 saturated carbocycles. The molecular formula is C18H21ClN4O2. The SMILES string of the molecule is O=c1[nH]c2ccc(Cl)cc2c(=O)n1CCCCCCCn1ccnc1. The van der Waals surface area contributed by atoms with E-state index in [-0.39, 0.29) is 11.2 Å². The Hall–Kier alpha value is -2.34. The first-order valence-corrected chi connectivity index (χ1v) is 8.91. The van der Waals surface area contributed by atoms with Crippen LogP contribution in [0.15, 0.2) is 46.5 Å². The Labute approximate surface area is 150 Å². The van der Waals surface area contributed by atoms with Gasteiger partial charge >= 0.3 is 5.69 Å². The topological polar surface area (TPSA) is 72.7 Å². The molecule has 7 heteroatoms. The third-order valence-corrected chi connectivity index (χ3v) is 4.54. The summed E-state index contributed by atoms with van der Waals surface area (Å²) in [4.78, 5) is 31.3. The summed E-state index contributed by atoms with van der Waals surface area (Å²) in [6.07, 6.45) is 10.7. The molecule has 3 rings (SSSR count). The molecule has 0 aliphatic carbocycles. The van der Waals surface area contributed by atoms with Crippen molar-refractivity contribution >= 4 is 22.5 Å². The molecule has 0 fully saturated rings. The fourth-order valence-corrected chi connectivity index (χ4v) is 3.11. The maximum atomic E-state index is 12.5. The van der Waals surface area contributed by atoms with Crippen LogP contribution in [-0.2, 0) is 13.1 Å². The van der Waals surface area contributed by atoms with Gasteiger partial charge in [0.2, 0.25) is 0 Å². The quantitative estimate of drug-likeness (QED) is 0.627. The van der Waals surface area contributed by atoms with E-state index in [9.17, 15) is 9.59 Å². The van der Waals surface area contributed by atoms with Gasteiger partial charge in [0.05, 0.1) is 17.2 Å². The van der Waals surface area contributed by atoms with Gasteiger partial charge < -0.3 is 9.55 Å². The zero-order valence-electron chi connectivity index (χ0n) is 13.9. The van der Waals surface area contributed by atoms with Gasteiger partial charge in [-0.25, -0.2) is 9.78 Å². The lowest BCUT2D eigenvalue weighted by Crippen LogP contribution is -2.35. The van der Waals surface area contributed by atoms with Crippen molar-refractivity contribution < 1.29 is 0 Å². The van der Waals surface area contributed by atoms with E-state index in [0.717, 1.165) is 38.6 Å². The lowest BCUT2D eigenvalue weighted by atomic mass is 10.1. The number of nitrogens with one attached hydrogen (secondary N) is 1. The number of nitrogens with zero attached hydrogens (tertiary/aromatic N) is 3. The Balaban J connectivity index is 1.51. The molecule has 0 spiro atoms. The highest BCUT2D eigenvalue weighted by Gasteiger charge is 2.07. The predicted octanol–water partition coefficient (Wildman–Crippen LogP) is 3.19. The highest BCUT2D eigenvalue weighted by Crippen LogP contribution is 2.13. The molecule has 25 heavy (non-hydrogen) atoms. The van der Waals surface area contributed by atoms with E-state index in [1.807, 2.05) is 12.5 Å². The molecule has 0 amide bonds. The fraction of sp³-hybridized carbons (Fsp3) is 0.389. The Kier molecular flexibility index (Phi) is 5.71. The average Bonchev–Trinajstić information content (AvgIpc) is 3.11. The van der Waals surface area contributed by atoms with Gasteiger partial charge in [-0.15, -0.1) is 0 Å².